The van der Waals surface area contributed by atoms with Gasteiger partial charge in [0, 0.05) is 24.7 Å². The highest BCUT2D eigenvalue weighted by molar-refractivity contribution is 5.82. The van der Waals surface area contributed by atoms with Gasteiger partial charge in [-0.25, -0.2) is 4.68 Å². The summed E-state index contributed by atoms with van der Waals surface area (Å²) in [4.78, 5) is 15.6. The molecule has 162 valence electrons. The van der Waals surface area contributed by atoms with Crippen LogP contribution in [0.3, 0.4) is 0 Å². The first-order chi connectivity index (χ1) is 14.7. The maximum absolute atomic E-state index is 13.3. The summed E-state index contributed by atoms with van der Waals surface area (Å²) in [6.45, 7) is 4.00. The van der Waals surface area contributed by atoms with Crippen LogP contribution in [0.1, 0.15) is 63.5 Å². The summed E-state index contributed by atoms with van der Waals surface area (Å²) < 4.78 is 7.59. The van der Waals surface area contributed by atoms with Gasteiger partial charge in [0.25, 0.3) is 0 Å². The SMILES string of the molecule is CCOc1ccccc1CN1C[C@H](n2cnnn2)C[C@H]1C(=O)NC1CCCCCC1. The van der Waals surface area contributed by atoms with E-state index in [0.29, 0.717) is 25.6 Å². The fraction of sp³-hybridized carbons (Fsp3) is 0.636. The summed E-state index contributed by atoms with van der Waals surface area (Å²) in [6.07, 6.45) is 9.48. The lowest BCUT2D eigenvalue weighted by molar-refractivity contribution is -0.126. The van der Waals surface area contributed by atoms with Crippen LogP contribution in [0.5, 0.6) is 5.75 Å². The Kier molecular flexibility index (Phi) is 6.94. The van der Waals surface area contributed by atoms with Gasteiger partial charge in [-0.3, -0.25) is 9.69 Å². The monoisotopic (exact) mass is 412 g/mol. The number of rotatable bonds is 7. The molecule has 1 aliphatic heterocycles. The number of benzene rings is 1. The van der Waals surface area contributed by atoms with Gasteiger partial charge in [0.15, 0.2) is 0 Å². The number of amides is 1. The maximum Gasteiger partial charge on any atom is 0.237 e. The van der Waals surface area contributed by atoms with E-state index in [-0.39, 0.29) is 18.0 Å². The number of tetrazole rings is 1. The lowest BCUT2D eigenvalue weighted by Crippen LogP contribution is -2.46. The van der Waals surface area contributed by atoms with Gasteiger partial charge in [0.2, 0.25) is 5.91 Å². The molecule has 1 amide bonds. The average molecular weight is 413 g/mol. The van der Waals surface area contributed by atoms with Crippen LogP contribution in [0, 0.1) is 0 Å². The molecule has 8 heteroatoms. The molecule has 0 radical (unpaired) electrons. The van der Waals surface area contributed by atoms with Gasteiger partial charge in [-0.05, 0) is 42.7 Å². The molecule has 30 heavy (non-hydrogen) atoms. The van der Waals surface area contributed by atoms with Crippen LogP contribution in [0.15, 0.2) is 30.6 Å². The molecule has 2 atom stereocenters. The van der Waals surface area contributed by atoms with Crippen LogP contribution in [0.4, 0.5) is 0 Å². The van der Waals surface area contributed by atoms with Crippen molar-refractivity contribution < 1.29 is 9.53 Å². The third kappa shape index (κ3) is 4.98. The second kappa shape index (κ2) is 10.0. The van der Waals surface area contributed by atoms with Crippen molar-refractivity contribution in [2.45, 2.75) is 76.5 Å². The molecule has 1 aliphatic carbocycles. The standard InChI is InChI=1S/C22H32N6O2/c1-2-30-21-12-8-7-9-17(21)14-27-15-19(28-16-23-25-26-28)13-20(27)22(29)24-18-10-5-3-4-6-11-18/h7-9,12,16,18-20H,2-6,10-11,13-15H2,1H3,(H,24,29)/t19-,20+/m1/s1. The van der Waals surface area contributed by atoms with E-state index in [1.165, 1.54) is 25.7 Å². The van der Waals surface area contributed by atoms with Crippen molar-refractivity contribution in [3.63, 3.8) is 0 Å². The van der Waals surface area contributed by atoms with E-state index in [9.17, 15) is 4.79 Å². The number of carbonyl (C=O) groups is 1. The summed E-state index contributed by atoms with van der Waals surface area (Å²) >= 11 is 0. The first-order valence-corrected chi connectivity index (χ1v) is 11.2. The van der Waals surface area contributed by atoms with E-state index in [4.69, 9.17) is 4.74 Å². The molecule has 0 bridgehead atoms. The first kappa shape index (κ1) is 20.8. The fourth-order valence-corrected chi connectivity index (χ4v) is 4.72. The Bertz CT molecular complexity index is 804. The summed E-state index contributed by atoms with van der Waals surface area (Å²) in [5.74, 6) is 1.01. The Morgan fingerprint density at radius 2 is 2.00 bits per heavy atom. The Morgan fingerprint density at radius 3 is 2.73 bits per heavy atom. The zero-order valence-electron chi connectivity index (χ0n) is 17.7. The predicted octanol–water partition coefficient (Wildman–Crippen LogP) is 2.73. The van der Waals surface area contributed by atoms with Crippen LogP contribution in [0.2, 0.25) is 0 Å². The lowest BCUT2D eigenvalue weighted by atomic mass is 10.1. The van der Waals surface area contributed by atoms with Gasteiger partial charge in [-0.2, -0.15) is 0 Å². The van der Waals surface area contributed by atoms with Crippen molar-refractivity contribution in [3.8, 4) is 5.75 Å². The predicted molar refractivity (Wildman–Crippen MR) is 113 cm³/mol. The molecule has 2 aliphatic rings. The number of hydrogen-bond acceptors (Lipinski definition) is 6. The van der Waals surface area contributed by atoms with Crippen LogP contribution in [-0.2, 0) is 11.3 Å². The van der Waals surface area contributed by atoms with Gasteiger partial charge in [0.05, 0.1) is 18.7 Å². The largest absolute Gasteiger partial charge is 0.494 e. The zero-order chi connectivity index (χ0) is 20.8. The van der Waals surface area contributed by atoms with Crippen LogP contribution >= 0.6 is 0 Å². The number of nitrogens with zero attached hydrogens (tertiary/aromatic N) is 5. The molecule has 0 unspecified atom stereocenters. The molecular weight excluding hydrogens is 380 g/mol. The van der Waals surface area contributed by atoms with E-state index >= 15 is 0 Å². The molecule has 2 aromatic rings. The quantitative estimate of drug-likeness (QED) is 0.704. The van der Waals surface area contributed by atoms with Crippen molar-refractivity contribution in [3.05, 3.63) is 36.2 Å². The first-order valence-electron chi connectivity index (χ1n) is 11.2. The lowest BCUT2D eigenvalue weighted by Gasteiger charge is -2.26. The Balaban J connectivity index is 1.50. The van der Waals surface area contributed by atoms with E-state index in [0.717, 1.165) is 30.7 Å². The number of ether oxygens (including phenoxy) is 1. The highest BCUT2D eigenvalue weighted by atomic mass is 16.5. The molecule has 8 nitrogen and oxygen atoms in total. The maximum atomic E-state index is 13.3. The molecule has 1 aromatic carbocycles. The highest BCUT2D eigenvalue weighted by Crippen LogP contribution is 2.31. The molecule has 1 saturated heterocycles. The van der Waals surface area contributed by atoms with Crippen molar-refractivity contribution in [1.82, 2.24) is 30.4 Å². The summed E-state index contributed by atoms with van der Waals surface area (Å²) in [6, 6.07) is 8.27. The number of hydrogen-bond donors (Lipinski definition) is 1. The molecule has 4 rings (SSSR count). The Hall–Kier alpha value is -2.48. The van der Waals surface area contributed by atoms with Crippen molar-refractivity contribution in [2.75, 3.05) is 13.2 Å². The minimum Gasteiger partial charge on any atom is -0.494 e. The number of para-hydroxylation sites is 1. The highest BCUT2D eigenvalue weighted by Gasteiger charge is 2.39. The third-order valence-electron chi connectivity index (χ3n) is 6.27. The molecule has 1 N–H and O–H groups in total. The van der Waals surface area contributed by atoms with Gasteiger partial charge < -0.3 is 10.1 Å². The molecule has 2 heterocycles. The van der Waals surface area contributed by atoms with Gasteiger partial charge in [-0.15, -0.1) is 5.10 Å². The van der Waals surface area contributed by atoms with Crippen LogP contribution < -0.4 is 10.1 Å². The number of nitrogens with one attached hydrogen (secondary N) is 1. The van der Waals surface area contributed by atoms with E-state index in [2.05, 4.69) is 31.8 Å². The summed E-state index contributed by atoms with van der Waals surface area (Å²) in [7, 11) is 0. The van der Waals surface area contributed by atoms with E-state index in [1.54, 1.807) is 11.0 Å². The van der Waals surface area contributed by atoms with E-state index in [1.807, 2.05) is 25.1 Å². The molecular formula is C22H32N6O2. The molecule has 2 fully saturated rings. The van der Waals surface area contributed by atoms with Crippen LogP contribution in [-0.4, -0.2) is 56.2 Å². The molecule has 1 saturated carbocycles. The Morgan fingerprint density at radius 1 is 1.20 bits per heavy atom. The van der Waals surface area contributed by atoms with Crippen molar-refractivity contribution in [2.24, 2.45) is 0 Å². The number of carbonyl (C=O) groups excluding carboxylic acids is 1. The van der Waals surface area contributed by atoms with Gasteiger partial charge in [0.1, 0.15) is 12.1 Å². The fourth-order valence-electron chi connectivity index (χ4n) is 4.72. The smallest absolute Gasteiger partial charge is 0.237 e. The third-order valence-corrected chi connectivity index (χ3v) is 6.27. The second-order valence-electron chi connectivity index (χ2n) is 8.36. The van der Waals surface area contributed by atoms with Crippen molar-refractivity contribution >= 4 is 5.91 Å². The van der Waals surface area contributed by atoms with E-state index < -0.39 is 0 Å². The summed E-state index contributed by atoms with van der Waals surface area (Å²) in [5, 5.41) is 15.0. The normalized spacial score (nSPS) is 23.2. The van der Waals surface area contributed by atoms with Crippen LogP contribution in [0.25, 0.3) is 0 Å². The minimum atomic E-state index is -0.197. The Labute approximate surface area is 178 Å². The number of aromatic nitrogens is 4. The minimum absolute atomic E-state index is 0.0872. The molecule has 1 aromatic heterocycles. The number of likely N-dealkylation sites (tertiary alicyclic amines) is 1. The average Bonchev–Trinajstić information content (AvgIpc) is 3.35. The van der Waals surface area contributed by atoms with Gasteiger partial charge in [-0.1, -0.05) is 43.9 Å². The topological polar surface area (TPSA) is 85.2 Å². The summed E-state index contributed by atoms with van der Waals surface area (Å²) in [5.41, 5.74) is 1.10. The van der Waals surface area contributed by atoms with Gasteiger partial charge >= 0.3 is 0 Å². The second-order valence-corrected chi connectivity index (χ2v) is 8.36. The van der Waals surface area contributed by atoms with Crippen molar-refractivity contribution in [1.29, 1.82) is 0 Å². The zero-order valence-corrected chi connectivity index (χ0v) is 17.7. The molecule has 0 spiro atoms.